The molecule has 35 heavy (non-hydrogen) atoms. The van der Waals surface area contributed by atoms with Crippen molar-refractivity contribution in [3.63, 3.8) is 0 Å². The van der Waals surface area contributed by atoms with Gasteiger partial charge in [-0.05, 0) is 61.3 Å². The molecule has 2 aromatic rings. The zero-order valence-corrected chi connectivity index (χ0v) is 21.7. The maximum Gasteiger partial charge on any atom is 0.410 e. The molecule has 0 fully saturated rings. The largest absolute Gasteiger partial charge is 0.507 e. The number of carbonyl (C=O) groups is 2. The first-order valence-electron chi connectivity index (χ1n) is 11.9. The van der Waals surface area contributed by atoms with Gasteiger partial charge in [0.25, 0.3) is 0 Å². The topological polar surface area (TPSA) is 106 Å². The number of Topliss-reactive ketones (excluding diaryl/α,β-unsaturated/α-hetero) is 1. The van der Waals surface area contributed by atoms with Crippen LogP contribution in [0, 0.1) is 0 Å². The molecule has 1 unspecified atom stereocenters. The zero-order valence-electron chi connectivity index (χ0n) is 20.9. The number of aromatic hydroxyl groups is 1. The number of amides is 1. The summed E-state index contributed by atoms with van der Waals surface area (Å²) in [6, 6.07) is 3.40. The first kappa shape index (κ1) is 28.1. The number of carbonyl (C=O) groups excluding carboxylic acids is 2. The summed E-state index contributed by atoms with van der Waals surface area (Å²) < 4.78 is 9.85. The van der Waals surface area contributed by atoms with E-state index in [1.807, 2.05) is 6.92 Å². The maximum absolute atomic E-state index is 12.9. The van der Waals surface area contributed by atoms with E-state index in [1.54, 1.807) is 30.4 Å². The van der Waals surface area contributed by atoms with Crippen molar-refractivity contribution in [2.75, 3.05) is 7.11 Å². The first-order chi connectivity index (χ1) is 16.8. The molecule has 0 aromatic carbocycles. The summed E-state index contributed by atoms with van der Waals surface area (Å²) in [6.45, 7) is 5.67. The number of alkyl carbamates (subject to hydrolysis) is 1. The van der Waals surface area contributed by atoms with E-state index in [1.165, 1.54) is 44.2 Å². The third-order valence-corrected chi connectivity index (χ3v) is 6.57. The second-order valence-electron chi connectivity index (χ2n) is 8.54. The molecular weight excluding hydrogens is 466 g/mol. The predicted octanol–water partition coefficient (Wildman–Crippen LogP) is 6.57. The summed E-state index contributed by atoms with van der Waals surface area (Å²) in [5.74, 6) is -0.818. The summed E-state index contributed by atoms with van der Waals surface area (Å²) in [7, 11) is 1.28. The number of methoxy groups -OCH3 is 1. The van der Waals surface area contributed by atoms with Crippen LogP contribution in [0.3, 0.4) is 0 Å². The molecule has 0 spiro atoms. The van der Waals surface area contributed by atoms with Gasteiger partial charge in [-0.1, -0.05) is 39.2 Å². The van der Waals surface area contributed by atoms with Crippen LogP contribution in [0.5, 0.6) is 5.75 Å². The van der Waals surface area contributed by atoms with E-state index in [0.29, 0.717) is 24.2 Å². The van der Waals surface area contributed by atoms with Gasteiger partial charge >= 0.3 is 11.7 Å². The monoisotopic (exact) mass is 501 g/mol. The Labute approximate surface area is 210 Å². The highest BCUT2D eigenvalue weighted by Crippen LogP contribution is 2.27. The van der Waals surface area contributed by atoms with Crippen LogP contribution >= 0.6 is 11.3 Å². The van der Waals surface area contributed by atoms with Crippen LogP contribution in [0.25, 0.3) is 6.08 Å². The first-order valence-corrected chi connectivity index (χ1v) is 12.8. The van der Waals surface area contributed by atoms with Gasteiger partial charge in [0.15, 0.2) is 5.78 Å². The number of allylic oxidation sites excluding steroid dienone is 2. The summed E-state index contributed by atoms with van der Waals surface area (Å²) in [5, 5.41) is 15.0. The second-order valence-corrected chi connectivity index (χ2v) is 9.48. The molecule has 0 aliphatic carbocycles. The summed E-state index contributed by atoms with van der Waals surface area (Å²) in [4.78, 5) is 37.4. The number of aryl methyl sites for hydroxylation is 1. The zero-order chi connectivity index (χ0) is 25.8. The SMILES string of the molecule is CCCCCCc1csc(/C=C(\C)C(=O)c2c(O)cc(C(C)CC/C=C/NC(=O)OC)oc2=O)c1. The molecule has 2 rings (SSSR count). The number of rotatable bonds is 13. The van der Waals surface area contributed by atoms with Crippen molar-refractivity contribution in [1.82, 2.24) is 5.32 Å². The van der Waals surface area contributed by atoms with Gasteiger partial charge in [0.1, 0.15) is 17.1 Å². The molecule has 8 heteroatoms. The fourth-order valence-electron chi connectivity index (χ4n) is 3.54. The Morgan fingerprint density at radius 2 is 2.03 bits per heavy atom. The van der Waals surface area contributed by atoms with Gasteiger partial charge < -0.3 is 14.3 Å². The van der Waals surface area contributed by atoms with E-state index in [2.05, 4.69) is 28.4 Å². The average molecular weight is 502 g/mol. The molecule has 190 valence electrons. The highest BCUT2D eigenvalue weighted by molar-refractivity contribution is 7.11. The van der Waals surface area contributed by atoms with Crippen molar-refractivity contribution < 1.29 is 23.8 Å². The molecule has 0 saturated heterocycles. The lowest BCUT2D eigenvalue weighted by molar-refractivity contribution is 0.102. The Kier molecular flexibility index (Phi) is 11.5. The third-order valence-electron chi connectivity index (χ3n) is 5.64. The number of thiophene rings is 1. The number of hydrogen-bond donors (Lipinski definition) is 2. The predicted molar refractivity (Wildman–Crippen MR) is 139 cm³/mol. The average Bonchev–Trinajstić information content (AvgIpc) is 3.27. The fraction of sp³-hybridized carbons (Fsp3) is 0.444. The molecule has 2 aromatic heterocycles. The molecule has 0 aliphatic rings. The molecule has 1 atom stereocenters. The lowest BCUT2D eigenvalue weighted by Gasteiger charge is -2.11. The quantitative estimate of drug-likeness (QED) is 0.183. The normalized spacial score (nSPS) is 12.6. The van der Waals surface area contributed by atoms with Gasteiger partial charge in [0.05, 0.1) is 7.11 Å². The van der Waals surface area contributed by atoms with Crippen molar-refractivity contribution in [2.24, 2.45) is 0 Å². The van der Waals surface area contributed by atoms with Gasteiger partial charge in [-0.3, -0.25) is 10.1 Å². The lowest BCUT2D eigenvalue weighted by Crippen LogP contribution is -2.16. The molecule has 0 bridgehead atoms. The Morgan fingerprint density at radius 1 is 1.26 bits per heavy atom. The van der Waals surface area contributed by atoms with Crippen LogP contribution in [-0.2, 0) is 11.2 Å². The highest BCUT2D eigenvalue weighted by atomic mass is 32.1. The Hall–Kier alpha value is -3.13. The van der Waals surface area contributed by atoms with Gasteiger partial charge in [0.2, 0.25) is 0 Å². The summed E-state index contributed by atoms with van der Waals surface area (Å²) in [6.07, 6.45) is 11.4. The van der Waals surface area contributed by atoms with Gasteiger partial charge in [-0.2, -0.15) is 0 Å². The molecule has 0 aliphatic heterocycles. The lowest BCUT2D eigenvalue weighted by atomic mass is 9.99. The Bertz CT molecular complexity index is 1110. The van der Waals surface area contributed by atoms with E-state index in [-0.39, 0.29) is 17.2 Å². The molecule has 7 nitrogen and oxygen atoms in total. The standard InChI is InChI=1S/C27H35NO6S/c1-5-6-7-8-12-20-15-21(35-17-20)14-19(3)25(30)24-22(29)16-23(34-26(24)31)18(2)11-9-10-13-28-27(32)33-4/h10,13-18,29H,5-9,11-12H2,1-4H3,(H,28,32)/b13-10+,19-14+. The van der Waals surface area contributed by atoms with Crippen molar-refractivity contribution in [3.8, 4) is 5.75 Å². The molecule has 2 heterocycles. The smallest absolute Gasteiger partial charge is 0.410 e. The van der Waals surface area contributed by atoms with Crippen LogP contribution < -0.4 is 10.9 Å². The van der Waals surface area contributed by atoms with Crippen LogP contribution in [0.1, 0.15) is 91.8 Å². The number of ether oxygens (including phenoxy) is 1. The van der Waals surface area contributed by atoms with E-state index < -0.39 is 17.5 Å². The molecule has 1 amide bonds. The minimum atomic E-state index is -0.852. The number of hydrogen-bond acceptors (Lipinski definition) is 7. The number of unbranched alkanes of at least 4 members (excludes halogenated alkanes) is 3. The van der Waals surface area contributed by atoms with Crippen molar-refractivity contribution in [1.29, 1.82) is 0 Å². The molecule has 0 radical (unpaired) electrons. The molecular formula is C27H35NO6S. The minimum absolute atomic E-state index is 0.181. The van der Waals surface area contributed by atoms with E-state index in [0.717, 1.165) is 17.7 Å². The fourth-order valence-corrected chi connectivity index (χ4v) is 4.48. The Morgan fingerprint density at radius 3 is 2.71 bits per heavy atom. The summed E-state index contributed by atoms with van der Waals surface area (Å²) in [5.41, 5.74) is 0.397. The third kappa shape index (κ3) is 8.87. The van der Waals surface area contributed by atoms with Gasteiger partial charge in [-0.25, -0.2) is 9.59 Å². The van der Waals surface area contributed by atoms with Gasteiger partial charge in [-0.15, -0.1) is 11.3 Å². The van der Waals surface area contributed by atoms with Crippen molar-refractivity contribution >= 4 is 29.3 Å². The van der Waals surface area contributed by atoms with E-state index >= 15 is 0 Å². The molecule has 2 N–H and O–H groups in total. The minimum Gasteiger partial charge on any atom is -0.507 e. The van der Waals surface area contributed by atoms with Crippen LogP contribution in [-0.4, -0.2) is 24.1 Å². The van der Waals surface area contributed by atoms with E-state index in [9.17, 15) is 19.5 Å². The molecule has 0 saturated carbocycles. The van der Waals surface area contributed by atoms with Crippen molar-refractivity contribution in [3.05, 3.63) is 67.5 Å². The highest BCUT2D eigenvalue weighted by Gasteiger charge is 2.22. The second kappa shape index (κ2) is 14.3. The van der Waals surface area contributed by atoms with Crippen LogP contribution in [0.2, 0.25) is 0 Å². The van der Waals surface area contributed by atoms with Gasteiger partial charge in [0, 0.05) is 23.1 Å². The number of nitrogens with one attached hydrogen (secondary N) is 1. The number of ketones is 1. The van der Waals surface area contributed by atoms with Crippen LogP contribution in [0.15, 0.2) is 44.6 Å². The summed E-state index contributed by atoms with van der Waals surface area (Å²) >= 11 is 1.55. The van der Waals surface area contributed by atoms with E-state index in [4.69, 9.17) is 4.42 Å². The maximum atomic E-state index is 12.9. The Balaban J connectivity index is 2.04. The van der Waals surface area contributed by atoms with Crippen LogP contribution in [0.4, 0.5) is 4.79 Å². The van der Waals surface area contributed by atoms with Crippen molar-refractivity contribution in [2.45, 2.75) is 71.6 Å².